The molecule has 3 N–H and O–H groups in total. The largest absolute Gasteiger partial charge is 0.394 e. The summed E-state index contributed by atoms with van der Waals surface area (Å²) in [5.41, 5.74) is 0. The SMILES string of the molecule is O=C(NCC(O)CO)C1CCC(F)(F)CC1. The van der Waals surface area contributed by atoms with Gasteiger partial charge in [0.05, 0.1) is 12.7 Å². The van der Waals surface area contributed by atoms with Gasteiger partial charge in [-0.2, -0.15) is 0 Å². The fraction of sp³-hybridized carbons (Fsp3) is 0.900. The van der Waals surface area contributed by atoms with E-state index in [0.29, 0.717) is 0 Å². The number of hydrogen-bond acceptors (Lipinski definition) is 3. The molecule has 6 heteroatoms. The Morgan fingerprint density at radius 1 is 1.44 bits per heavy atom. The van der Waals surface area contributed by atoms with Crippen molar-refractivity contribution >= 4 is 5.91 Å². The molecule has 0 heterocycles. The van der Waals surface area contributed by atoms with Crippen molar-refractivity contribution in [3.05, 3.63) is 0 Å². The highest BCUT2D eigenvalue weighted by Gasteiger charge is 2.37. The lowest BCUT2D eigenvalue weighted by Crippen LogP contribution is -2.40. The Morgan fingerprint density at radius 2 is 2.00 bits per heavy atom. The normalized spacial score (nSPS) is 22.8. The third-order valence-electron chi connectivity index (χ3n) is 2.81. The van der Waals surface area contributed by atoms with E-state index in [2.05, 4.69) is 5.32 Å². The summed E-state index contributed by atoms with van der Waals surface area (Å²) >= 11 is 0. The van der Waals surface area contributed by atoms with E-state index in [4.69, 9.17) is 10.2 Å². The minimum Gasteiger partial charge on any atom is -0.394 e. The van der Waals surface area contributed by atoms with Crippen LogP contribution >= 0.6 is 0 Å². The first kappa shape index (κ1) is 13.3. The molecule has 1 aliphatic carbocycles. The first-order valence-corrected chi connectivity index (χ1v) is 5.39. The van der Waals surface area contributed by atoms with E-state index in [-0.39, 0.29) is 38.1 Å². The Morgan fingerprint density at radius 3 is 2.50 bits per heavy atom. The lowest BCUT2D eigenvalue weighted by molar-refractivity contribution is -0.129. The van der Waals surface area contributed by atoms with Crippen LogP contribution in [0.2, 0.25) is 0 Å². The smallest absolute Gasteiger partial charge is 0.248 e. The average Bonchev–Trinajstić information content (AvgIpc) is 2.25. The van der Waals surface area contributed by atoms with E-state index < -0.39 is 24.6 Å². The van der Waals surface area contributed by atoms with Crippen LogP contribution in [0.4, 0.5) is 8.78 Å². The number of rotatable bonds is 4. The van der Waals surface area contributed by atoms with Crippen LogP contribution in [0, 0.1) is 5.92 Å². The second-order valence-corrected chi connectivity index (χ2v) is 4.21. The molecular formula is C10H17F2NO3. The van der Waals surface area contributed by atoms with E-state index in [1.165, 1.54) is 0 Å². The molecule has 0 spiro atoms. The van der Waals surface area contributed by atoms with Crippen LogP contribution in [0.15, 0.2) is 0 Å². The van der Waals surface area contributed by atoms with Gasteiger partial charge in [-0.1, -0.05) is 0 Å². The monoisotopic (exact) mass is 237 g/mol. The Kier molecular flexibility index (Phi) is 4.61. The van der Waals surface area contributed by atoms with E-state index in [0.717, 1.165) is 0 Å². The van der Waals surface area contributed by atoms with Crippen molar-refractivity contribution in [2.24, 2.45) is 5.92 Å². The van der Waals surface area contributed by atoms with Gasteiger partial charge in [0.15, 0.2) is 0 Å². The third-order valence-corrected chi connectivity index (χ3v) is 2.81. The highest BCUT2D eigenvalue weighted by molar-refractivity contribution is 5.78. The van der Waals surface area contributed by atoms with Crippen molar-refractivity contribution in [2.45, 2.75) is 37.7 Å². The van der Waals surface area contributed by atoms with Gasteiger partial charge < -0.3 is 15.5 Å². The maximum Gasteiger partial charge on any atom is 0.248 e. The minimum atomic E-state index is -2.64. The van der Waals surface area contributed by atoms with Crippen LogP contribution in [0.5, 0.6) is 0 Å². The van der Waals surface area contributed by atoms with Gasteiger partial charge in [-0.05, 0) is 12.8 Å². The van der Waals surface area contributed by atoms with Crippen LogP contribution in [0.3, 0.4) is 0 Å². The fourth-order valence-electron chi connectivity index (χ4n) is 1.73. The molecule has 1 rings (SSSR count). The maximum atomic E-state index is 12.8. The number of halogens is 2. The maximum absolute atomic E-state index is 12.8. The number of nitrogens with one attached hydrogen (secondary N) is 1. The van der Waals surface area contributed by atoms with Gasteiger partial charge in [-0.15, -0.1) is 0 Å². The summed E-state index contributed by atoms with van der Waals surface area (Å²) in [5, 5.41) is 20.0. The zero-order chi connectivity index (χ0) is 12.2. The second-order valence-electron chi connectivity index (χ2n) is 4.21. The first-order chi connectivity index (χ1) is 7.44. The van der Waals surface area contributed by atoms with Crippen molar-refractivity contribution in [1.82, 2.24) is 5.32 Å². The van der Waals surface area contributed by atoms with Crippen LogP contribution in [0.1, 0.15) is 25.7 Å². The topological polar surface area (TPSA) is 69.6 Å². The number of amides is 1. The molecule has 1 amide bonds. The molecule has 1 saturated carbocycles. The number of carbonyl (C=O) groups excluding carboxylic acids is 1. The molecule has 94 valence electrons. The lowest BCUT2D eigenvalue weighted by Gasteiger charge is -2.27. The van der Waals surface area contributed by atoms with Crippen molar-refractivity contribution in [3.63, 3.8) is 0 Å². The van der Waals surface area contributed by atoms with Crippen molar-refractivity contribution < 1.29 is 23.8 Å². The van der Waals surface area contributed by atoms with Gasteiger partial charge in [-0.3, -0.25) is 4.79 Å². The highest BCUT2D eigenvalue weighted by Crippen LogP contribution is 2.36. The Bertz CT molecular complexity index is 238. The molecule has 1 unspecified atom stereocenters. The number of aliphatic hydroxyl groups excluding tert-OH is 2. The molecule has 0 aliphatic heterocycles. The molecule has 16 heavy (non-hydrogen) atoms. The van der Waals surface area contributed by atoms with Crippen molar-refractivity contribution in [3.8, 4) is 0 Å². The summed E-state index contributed by atoms with van der Waals surface area (Å²) in [4.78, 5) is 11.5. The second kappa shape index (κ2) is 5.54. The van der Waals surface area contributed by atoms with Gasteiger partial charge in [0.2, 0.25) is 11.8 Å². The molecule has 1 aliphatic rings. The molecule has 0 aromatic carbocycles. The fourth-order valence-corrected chi connectivity index (χ4v) is 1.73. The number of alkyl halides is 2. The predicted octanol–water partition coefficient (Wildman–Crippen LogP) is 0.281. The predicted molar refractivity (Wildman–Crippen MR) is 53.0 cm³/mol. The summed E-state index contributed by atoms with van der Waals surface area (Å²) in [6.45, 7) is -0.467. The molecule has 1 atom stereocenters. The molecule has 0 saturated heterocycles. The van der Waals surface area contributed by atoms with E-state index in [1.807, 2.05) is 0 Å². The Hall–Kier alpha value is -0.750. The Labute approximate surface area is 92.6 Å². The van der Waals surface area contributed by atoms with Crippen molar-refractivity contribution in [1.29, 1.82) is 0 Å². The quantitative estimate of drug-likeness (QED) is 0.658. The number of aliphatic hydroxyl groups is 2. The highest BCUT2D eigenvalue weighted by atomic mass is 19.3. The molecule has 4 nitrogen and oxygen atoms in total. The van der Waals surface area contributed by atoms with Crippen LogP contribution in [-0.4, -0.2) is 41.3 Å². The van der Waals surface area contributed by atoms with Gasteiger partial charge in [0, 0.05) is 25.3 Å². The van der Waals surface area contributed by atoms with Crippen molar-refractivity contribution in [2.75, 3.05) is 13.2 Å². The number of hydrogen-bond donors (Lipinski definition) is 3. The molecule has 0 aromatic heterocycles. The van der Waals surface area contributed by atoms with Crippen LogP contribution in [0.25, 0.3) is 0 Å². The molecule has 0 radical (unpaired) electrons. The molecule has 0 bridgehead atoms. The molecular weight excluding hydrogens is 220 g/mol. The third kappa shape index (κ3) is 4.02. The average molecular weight is 237 g/mol. The zero-order valence-corrected chi connectivity index (χ0v) is 8.96. The molecule has 1 fully saturated rings. The van der Waals surface area contributed by atoms with E-state index in [9.17, 15) is 13.6 Å². The Balaban J connectivity index is 2.28. The first-order valence-electron chi connectivity index (χ1n) is 5.39. The number of carbonyl (C=O) groups is 1. The summed E-state index contributed by atoms with van der Waals surface area (Å²) in [7, 11) is 0. The van der Waals surface area contributed by atoms with Gasteiger partial charge in [0.1, 0.15) is 0 Å². The summed E-state index contributed by atoms with van der Waals surface area (Å²) < 4.78 is 25.6. The minimum absolute atomic E-state index is 0.0395. The lowest BCUT2D eigenvalue weighted by atomic mass is 9.86. The van der Waals surface area contributed by atoms with E-state index in [1.54, 1.807) is 0 Å². The summed E-state index contributed by atoms with van der Waals surface area (Å²) in [6, 6.07) is 0. The van der Waals surface area contributed by atoms with E-state index >= 15 is 0 Å². The summed E-state index contributed by atoms with van der Waals surface area (Å²) in [6.07, 6.45) is -1.15. The van der Waals surface area contributed by atoms with Crippen LogP contribution in [-0.2, 0) is 4.79 Å². The van der Waals surface area contributed by atoms with Gasteiger partial charge >= 0.3 is 0 Å². The van der Waals surface area contributed by atoms with Crippen LogP contribution < -0.4 is 5.32 Å². The van der Waals surface area contributed by atoms with Gasteiger partial charge in [-0.25, -0.2) is 8.78 Å². The molecule has 0 aromatic rings. The zero-order valence-electron chi connectivity index (χ0n) is 8.96. The standard InChI is InChI=1S/C10H17F2NO3/c11-10(12)3-1-7(2-4-10)9(16)13-5-8(15)6-14/h7-8,14-15H,1-6H2,(H,13,16). The summed E-state index contributed by atoms with van der Waals surface area (Å²) in [5.74, 6) is -3.35. The van der Waals surface area contributed by atoms with Gasteiger partial charge in [0.25, 0.3) is 0 Å².